The van der Waals surface area contributed by atoms with Crippen molar-refractivity contribution in [3.8, 4) is 0 Å². The van der Waals surface area contributed by atoms with Crippen LogP contribution in [0.25, 0.3) is 0 Å². The number of aliphatic hydroxyl groups excluding tert-OH is 1. The lowest BCUT2D eigenvalue weighted by Crippen LogP contribution is -2.24. The molecule has 0 aromatic carbocycles. The monoisotopic (exact) mass is 296 g/mol. The molecule has 2 heterocycles. The molecule has 1 saturated carbocycles. The van der Waals surface area contributed by atoms with E-state index in [0.717, 1.165) is 17.6 Å². The van der Waals surface area contributed by atoms with Crippen molar-refractivity contribution in [1.82, 2.24) is 0 Å². The lowest BCUT2D eigenvalue weighted by molar-refractivity contribution is 0.0576. The summed E-state index contributed by atoms with van der Waals surface area (Å²) in [6.45, 7) is 4.68. The van der Waals surface area contributed by atoms with E-state index in [1.54, 1.807) is 0 Å². The van der Waals surface area contributed by atoms with Crippen molar-refractivity contribution in [1.29, 1.82) is 0 Å². The number of aryl methyl sites for hydroxylation is 1. The van der Waals surface area contributed by atoms with Crippen LogP contribution in [0.4, 0.5) is 0 Å². The summed E-state index contributed by atoms with van der Waals surface area (Å²) in [7, 11) is 0. The maximum Gasteiger partial charge on any atom is 0.0910 e. The highest BCUT2D eigenvalue weighted by atomic mass is 32.2. The first-order valence-electron chi connectivity index (χ1n) is 7.50. The molecule has 1 fully saturated rings. The van der Waals surface area contributed by atoms with Crippen LogP contribution in [0.5, 0.6) is 0 Å². The maximum atomic E-state index is 10.7. The fourth-order valence-electron chi connectivity index (χ4n) is 3.82. The Morgan fingerprint density at radius 1 is 1.21 bits per heavy atom. The maximum absolute atomic E-state index is 10.7. The Hall–Kier alpha value is 0.01000. The van der Waals surface area contributed by atoms with E-state index in [0.29, 0.717) is 5.92 Å². The van der Waals surface area contributed by atoms with Gasteiger partial charge in [0.25, 0.3) is 0 Å². The summed E-state index contributed by atoms with van der Waals surface area (Å²) in [5.74, 6) is 4.42. The topological polar surface area (TPSA) is 20.2 Å². The van der Waals surface area contributed by atoms with Crippen LogP contribution >= 0.6 is 23.1 Å². The number of thioether (sulfide) groups is 1. The lowest BCUT2D eigenvalue weighted by Gasteiger charge is -2.34. The predicted molar refractivity (Wildman–Crippen MR) is 84.8 cm³/mol. The summed E-state index contributed by atoms with van der Waals surface area (Å²) in [5.41, 5.74) is 1.49. The first-order valence-corrected chi connectivity index (χ1v) is 9.48. The van der Waals surface area contributed by atoms with Gasteiger partial charge in [0.2, 0.25) is 0 Å². The molecule has 2 aliphatic rings. The van der Waals surface area contributed by atoms with E-state index >= 15 is 0 Å². The molecular weight excluding hydrogens is 272 g/mol. The third-order valence-electron chi connectivity index (χ3n) is 4.60. The van der Waals surface area contributed by atoms with Gasteiger partial charge in [0.15, 0.2) is 0 Å². The summed E-state index contributed by atoms with van der Waals surface area (Å²) < 4.78 is 0. The number of hydrogen-bond acceptors (Lipinski definition) is 3. The zero-order valence-electron chi connectivity index (χ0n) is 11.9. The fourth-order valence-corrected chi connectivity index (χ4v) is 6.27. The van der Waals surface area contributed by atoms with E-state index in [4.69, 9.17) is 0 Å². The van der Waals surface area contributed by atoms with Crippen molar-refractivity contribution in [2.45, 2.75) is 51.4 Å². The molecule has 0 bridgehead atoms. The molecule has 0 radical (unpaired) electrons. The first kappa shape index (κ1) is 14.0. The van der Waals surface area contributed by atoms with Crippen molar-refractivity contribution >= 4 is 23.1 Å². The van der Waals surface area contributed by atoms with Gasteiger partial charge in [-0.15, -0.1) is 11.3 Å². The Kier molecular flexibility index (Phi) is 4.25. The van der Waals surface area contributed by atoms with Gasteiger partial charge in [-0.25, -0.2) is 0 Å². The van der Waals surface area contributed by atoms with Crippen molar-refractivity contribution in [2.24, 2.45) is 17.8 Å². The molecule has 0 saturated heterocycles. The van der Waals surface area contributed by atoms with Crippen molar-refractivity contribution < 1.29 is 5.11 Å². The summed E-state index contributed by atoms with van der Waals surface area (Å²) in [4.78, 5) is 2.77. The molecule has 1 aliphatic carbocycles. The molecule has 19 heavy (non-hydrogen) atoms. The largest absolute Gasteiger partial charge is 0.387 e. The van der Waals surface area contributed by atoms with Crippen LogP contribution in [0, 0.1) is 17.8 Å². The second kappa shape index (κ2) is 5.79. The van der Waals surface area contributed by atoms with E-state index in [-0.39, 0.29) is 6.10 Å². The van der Waals surface area contributed by atoms with Crippen molar-refractivity contribution in [2.75, 3.05) is 5.75 Å². The number of rotatable bonds is 2. The highest BCUT2D eigenvalue weighted by molar-refractivity contribution is 7.98. The molecule has 3 rings (SSSR count). The Bertz CT molecular complexity index is 406. The third-order valence-corrected chi connectivity index (χ3v) is 6.92. The molecule has 1 nitrogen and oxygen atoms in total. The highest BCUT2D eigenvalue weighted by Gasteiger charge is 2.31. The van der Waals surface area contributed by atoms with Crippen molar-refractivity contribution in [3.05, 3.63) is 21.4 Å². The molecule has 3 unspecified atom stereocenters. The smallest absolute Gasteiger partial charge is 0.0910 e. The second-order valence-corrected chi connectivity index (χ2v) is 8.80. The van der Waals surface area contributed by atoms with E-state index < -0.39 is 0 Å². The molecule has 1 N–H and O–H groups in total. The van der Waals surface area contributed by atoms with Gasteiger partial charge in [-0.3, -0.25) is 0 Å². The van der Waals surface area contributed by atoms with Crippen LogP contribution in [0.2, 0.25) is 0 Å². The fraction of sp³-hybridized carbons (Fsp3) is 0.750. The number of thiophene rings is 1. The molecule has 3 atom stereocenters. The third kappa shape index (κ3) is 3.03. The normalized spacial score (nSPS) is 32.9. The average Bonchev–Trinajstić information content (AvgIpc) is 2.80. The van der Waals surface area contributed by atoms with Gasteiger partial charge < -0.3 is 5.11 Å². The van der Waals surface area contributed by atoms with Gasteiger partial charge in [0.05, 0.1) is 6.10 Å². The van der Waals surface area contributed by atoms with E-state index in [1.165, 1.54) is 46.8 Å². The molecule has 1 aromatic heterocycles. The van der Waals surface area contributed by atoms with Gasteiger partial charge >= 0.3 is 0 Å². The summed E-state index contributed by atoms with van der Waals surface area (Å²) in [6.07, 6.45) is 4.71. The van der Waals surface area contributed by atoms with Crippen LogP contribution < -0.4 is 0 Å². The summed E-state index contributed by atoms with van der Waals surface area (Å²) in [6, 6.07) is 2.29. The molecule has 1 aliphatic heterocycles. The van der Waals surface area contributed by atoms with Gasteiger partial charge in [-0.05, 0) is 60.8 Å². The van der Waals surface area contributed by atoms with Crippen LogP contribution in [0.15, 0.2) is 6.07 Å². The van der Waals surface area contributed by atoms with Gasteiger partial charge in [-0.2, -0.15) is 11.8 Å². The van der Waals surface area contributed by atoms with Gasteiger partial charge in [-0.1, -0.05) is 13.8 Å². The van der Waals surface area contributed by atoms with E-state index in [2.05, 4.69) is 19.9 Å². The molecule has 3 heteroatoms. The summed E-state index contributed by atoms with van der Waals surface area (Å²) >= 11 is 3.90. The van der Waals surface area contributed by atoms with Crippen LogP contribution in [-0.2, 0) is 12.2 Å². The minimum atomic E-state index is -0.217. The van der Waals surface area contributed by atoms with Gasteiger partial charge in [0, 0.05) is 15.5 Å². The molecule has 106 valence electrons. The molecular formula is C16H24OS2. The van der Waals surface area contributed by atoms with Crippen LogP contribution in [0.1, 0.15) is 54.5 Å². The van der Waals surface area contributed by atoms with Crippen LogP contribution in [-0.4, -0.2) is 10.9 Å². The minimum absolute atomic E-state index is 0.217. The zero-order valence-corrected chi connectivity index (χ0v) is 13.5. The molecule has 1 aromatic rings. The number of fused-ring (bicyclic) bond motifs is 1. The summed E-state index contributed by atoms with van der Waals surface area (Å²) in [5, 5.41) is 10.7. The Morgan fingerprint density at radius 3 is 2.63 bits per heavy atom. The van der Waals surface area contributed by atoms with Crippen LogP contribution in [0.3, 0.4) is 0 Å². The van der Waals surface area contributed by atoms with Crippen molar-refractivity contribution in [3.63, 3.8) is 0 Å². The SMILES string of the molecule is CC1CC(C)CC(C(O)c2cc3c(s2)CCSC3)C1. The number of hydrogen-bond donors (Lipinski definition) is 1. The quantitative estimate of drug-likeness (QED) is 0.857. The minimum Gasteiger partial charge on any atom is -0.387 e. The highest BCUT2D eigenvalue weighted by Crippen LogP contribution is 2.43. The second-order valence-electron chi connectivity index (χ2n) is 6.52. The average molecular weight is 297 g/mol. The Balaban J connectivity index is 1.75. The lowest BCUT2D eigenvalue weighted by atomic mass is 9.74. The van der Waals surface area contributed by atoms with E-state index in [1.807, 2.05) is 23.1 Å². The first-order chi connectivity index (χ1) is 9.13. The van der Waals surface area contributed by atoms with Gasteiger partial charge in [0.1, 0.15) is 0 Å². The van der Waals surface area contributed by atoms with E-state index in [9.17, 15) is 5.11 Å². The Morgan fingerprint density at radius 2 is 1.95 bits per heavy atom. The number of aliphatic hydroxyl groups is 1. The zero-order chi connectivity index (χ0) is 13.4. The predicted octanol–water partition coefficient (Wildman–Crippen LogP) is 4.64. The molecule has 0 spiro atoms. The standard InChI is InChI=1S/C16H24OS2/c1-10-5-11(2)7-12(6-10)16(17)15-8-13-9-18-4-3-14(13)19-15/h8,10-12,16-17H,3-7,9H2,1-2H3. The Labute approximate surface area is 124 Å². The molecule has 0 amide bonds.